The summed E-state index contributed by atoms with van der Waals surface area (Å²) in [4.78, 5) is 10.4. The zero-order valence-corrected chi connectivity index (χ0v) is 18.6. The van der Waals surface area contributed by atoms with Crippen molar-refractivity contribution in [3.05, 3.63) is 60.2 Å². The van der Waals surface area contributed by atoms with Gasteiger partial charge in [-0.25, -0.2) is 16.8 Å². The molecule has 2 aromatic rings. The van der Waals surface area contributed by atoms with Crippen LogP contribution in [-0.2, 0) is 24.7 Å². The first-order chi connectivity index (χ1) is 15.2. The Kier molecular flexibility index (Phi) is 8.38. The zero-order chi connectivity index (χ0) is 24.9. The molecule has 3 N–H and O–H groups in total. The predicted octanol–water partition coefficient (Wildman–Crippen LogP) is 2.76. The number of carbonyl (C=O) groups is 1. The zero-order valence-electron chi connectivity index (χ0n) is 17.0. The molecule has 0 bridgehead atoms. The number of carboxylic acid groups (broad SMARTS) is 1. The molecule has 2 atom stereocenters. The van der Waals surface area contributed by atoms with Crippen LogP contribution in [0.15, 0.2) is 68.8 Å². The number of halogens is 3. The molecule has 180 valence electrons. The fraction of sp³-hybridized carbons (Fsp3) is 0.300. The third kappa shape index (κ3) is 7.37. The minimum absolute atomic E-state index is 0.0170. The first-order valence-corrected chi connectivity index (χ1v) is 12.5. The number of aliphatic carboxylic acids is 1. The van der Waals surface area contributed by atoms with E-state index in [-0.39, 0.29) is 15.4 Å². The minimum Gasteiger partial charge on any atom is -0.480 e. The summed E-state index contributed by atoms with van der Waals surface area (Å²) in [6.45, 7) is 0. The number of carboxylic acids is 1. The molecule has 1 unspecified atom stereocenters. The van der Waals surface area contributed by atoms with E-state index >= 15 is 0 Å². The molecule has 2 aromatic carbocycles. The van der Waals surface area contributed by atoms with Crippen LogP contribution in [0.4, 0.5) is 13.2 Å². The maximum atomic E-state index is 13.6. The first kappa shape index (κ1) is 26.5. The van der Waals surface area contributed by atoms with Gasteiger partial charge in [-0.3, -0.25) is 4.79 Å². The van der Waals surface area contributed by atoms with Crippen molar-refractivity contribution >= 4 is 32.0 Å². The van der Waals surface area contributed by atoms with Gasteiger partial charge in [0, 0.05) is 12.6 Å². The Labute approximate surface area is 188 Å². The van der Waals surface area contributed by atoms with E-state index in [1.807, 2.05) is 0 Å². The number of sulfonamides is 1. The lowest BCUT2D eigenvalue weighted by Crippen LogP contribution is -2.30. The Bertz CT molecular complexity index is 1200. The number of nitrogens with two attached hydrogens (primary N) is 1. The first-order valence-electron chi connectivity index (χ1n) is 9.46. The third-order valence-electron chi connectivity index (χ3n) is 4.62. The molecule has 0 heterocycles. The standard InChI is InChI=1S/C20H21F3N2O6S2/c21-20(22,23)17(11-13-32(28,29)25-12-10-18(24)19(26)27)14-6-8-16(9-7-14)33(30,31)15-4-2-1-3-5-15/h1-9,12,17-18H,10-11,13,24H2,(H,26,27)/t17?,18-/m0/s1. The topological polar surface area (TPSA) is 144 Å². The van der Waals surface area contributed by atoms with Crippen LogP contribution in [-0.4, -0.2) is 52.1 Å². The number of nitrogens with zero attached hydrogens (tertiary/aromatic N) is 1. The van der Waals surface area contributed by atoms with Gasteiger partial charge < -0.3 is 10.8 Å². The van der Waals surface area contributed by atoms with Crippen LogP contribution in [0, 0.1) is 0 Å². The van der Waals surface area contributed by atoms with Crippen molar-refractivity contribution in [1.29, 1.82) is 0 Å². The summed E-state index contributed by atoms with van der Waals surface area (Å²) < 4.78 is 93.0. The van der Waals surface area contributed by atoms with E-state index in [2.05, 4.69) is 4.40 Å². The van der Waals surface area contributed by atoms with E-state index < -0.39 is 62.6 Å². The third-order valence-corrected chi connectivity index (χ3v) is 7.62. The summed E-state index contributed by atoms with van der Waals surface area (Å²) in [6.07, 6.45) is -5.34. The smallest absolute Gasteiger partial charge is 0.395 e. The average Bonchev–Trinajstić information content (AvgIpc) is 2.73. The Morgan fingerprint density at radius 2 is 1.55 bits per heavy atom. The highest BCUT2D eigenvalue weighted by Gasteiger charge is 2.41. The van der Waals surface area contributed by atoms with E-state index in [9.17, 15) is 34.8 Å². The molecule has 0 aliphatic heterocycles. The molecular weight excluding hydrogens is 485 g/mol. The lowest BCUT2D eigenvalue weighted by molar-refractivity contribution is -0.150. The molecule has 33 heavy (non-hydrogen) atoms. The quantitative estimate of drug-likeness (QED) is 0.472. The Morgan fingerprint density at radius 1 is 1.00 bits per heavy atom. The number of hydrogen-bond donors (Lipinski definition) is 2. The van der Waals surface area contributed by atoms with Crippen LogP contribution in [0.5, 0.6) is 0 Å². The van der Waals surface area contributed by atoms with Gasteiger partial charge in [-0.1, -0.05) is 30.3 Å². The van der Waals surface area contributed by atoms with Crippen molar-refractivity contribution in [1.82, 2.24) is 0 Å². The second-order valence-electron chi connectivity index (χ2n) is 7.02. The second-order valence-corrected chi connectivity index (χ2v) is 10.8. The summed E-state index contributed by atoms with van der Waals surface area (Å²) in [5.41, 5.74) is 4.90. The maximum Gasteiger partial charge on any atom is 0.395 e. The molecule has 0 aliphatic rings. The molecule has 0 spiro atoms. The Balaban J connectivity index is 2.19. The van der Waals surface area contributed by atoms with Gasteiger partial charge in [0.15, 0.2) is 0 Å². The van der Waals surface area contributed by atoms with Crippen molar-refractivity contribution in [3.8, 4) is 0 Å². The van der Waals surface area contributed by atoms with Crippen molar-refractivity contribution in [2.24, 2.45) is 10.1 Å². The predicted molar refractivity (Wildman–Crippen MR) is 114 cm³/mol. The number of hydrogen-bond acceptors (Lipinski definition) is 6. The summed E-state index contributed by atoms with van der Waals surface area (Å²) in [5, 5.41) is 8.64. The molecular formula is C20H21F3N2O6S2. The molecule has 0 radical (unpaired) electrons. The van der Waals surface area contributed by atoms with Gasteiger partial charge in [-0.15, -0.1) is 0 Å². The fourth-order valence-corrected chi connectivity index (χ4v) is 5.06. The fourth-order valence-electron chi connectivity index (χ4n) is 2.82. The van der Waals surface area contributed by atoms with E-state index in [1.165, 1.54) is 24.3 Å². The van der Waals surface area contributed by atoms with Crippen molar-refractivity contribution in [2.75, 3.05) is 5.75 Å². The van der Waals surface area contributed by atoms with E-state index in [0.29, 0.717) is 0 Å². The number of sulfone groups is 1. The molecule has 13 heteroatoms. The van der Waals surface area contributed by atoms with Gasteiger partial charge in [0.25, 0.3) is 10.0 Å². The summed E-state index contributed by atoms with van der Waals surface area (Å²) in [5.74, 6) is -4.52. The lowest BCUT2D eigenvalue weighted by atomic mass is 9.96. The lowest BCUT2D eigenvalue weighted by Gasteiger charge is -2.20. The minimum atomic E-state index is -4.80. The SMILES string of the molecule is N[C@@H](CC=NS(=O)(=O)CCC(c1ccc(S(=O)(=O)c2ccccc2)cc1)C(F)(F)F)C(=O)O. The highest BCUT2D eigenvalue weighted by atomic mass is 32.2. The molecule has 0 saturated carbocycles. The van der Waals surface area contributed by atoms with Gasteiger partial charge in [0.05, 0.1) is 21.5 Å². The largest absolute Gasteiger partial charge is 0.480 e. The summed E-state index contributed by atoms with van der Waals surface area (Å²) >= 11 is 0. The normalized spacial score (nSPS) is 14.8. The van der Waals surface area contributed by atoms with E-state index in [4.69, 9.17) is 10.8 Å². The van der Waals surface area contributed by atoms with Gasteiger partial charge in [-0.05, 0) is 36.2 Å². The van der Waals surface area contributed by atoms with E-state index in [0.717, 1.165) is 30.5 Å². The number of alkyl halides is 3. The van der Waals surface area contributed by atoms with Crippen LogP contribution in [0.1, 0.15) is 24.3 Å². The van der Waals surface area contributed by atoms with Gasteiger partial charge in [0.2, 0.25) is 9.84 Å². The van der Waals surface area contributed by atoms with Gasteiger partial charge >= 0.3 is 12.1 Å². The molecule has 0 fully saturated rings. The Morgan fingerprint density at radius 3 is 2.06 bits per heavy atom. The van der Waals surface area contributed by atoms with E-state index in [1.54, 1.807) is 6.07 Å². The average molecular weight is 507 g/mol. The highest BCUT2D eigenvalue weighted by Crippen LogP contribution is 2.38. The van der Waals surface area contributed by atoms with Gasteiger partial charge in [0.1, 0.15) is 6.04 Å². The number of benzene rings is 2. The second kappa shape index (κ2) is 10.4. The van der Waals surface area contributed by atoms with Crippen LogP contribution < -0.4 is 5.73 Å². The van der Waals surface area contributed by atoms with Crippen molar-refractivity contribution in [2.45, 2.75) is 40.8 Å². The van der Waals surface area contributed by atoms with Gasteiger partial charge in [-0.2, -0.15) is 17.6 Å². The molecule has 0 saturated heterocycles. The van der Waals surface area contributed by atoms with Crippen molar-refractivity contribution < 1.29 is 39.9 Å². The highest BCUT2D eigenvalue weighted by molar-refractivity contribution is 7.91. The van der Waals surface area contributed by atoms with Crippen molar-refractivity contribution in [3.63, 3.8) is 0 Å². The molecule has 0 amide bonds. The molecule has 2 rings (SSSR count). The van der Waals surface area contributed by atoms with Crippen LogP contribution in [0.3, 0.4) is 0 Å². The Hall–Kier alpha value is -2.77. The number of rotatable bonds is 10. The summed E-state index contributed by atoms with van der Waals surface area (Å²) in [6, 6.07) is 10.0. The van der Waals surface area contributed by atoms with Crippen LogP contribution in [0.2, 0.25) is 0 Å². The monoisotopic (exact) mass is 506 g/mol. The van der Waals surface area contributed by atoms with Crippen LogP contribution >= 0.6 is 0 Å². The molecule has 0 aliphatic carbocycles. The summed E-state index contributed by atoms with van der Waals surface area (Å²) in [7, 11) is -8.23. The maximum absolute atomic E-state index is 13.6. The molecule has 8 nitrogen and oxygen atoms in total. The molecule has 0 aromatic heterocycles. The van der Waals surface area contributed by atoms with Crippen LogP contribution in [0.25, 0.3) is 0 Å².